The molecule has 0 heterocycles. The molecule has 0 spiro atoms. The molecule has 1 aliphatic rings. The van der Waals surface area contributed by atoms with Crippen molar-refractivity contribution in [1.29, 1.82) is 0 Å². The van der Waals surface area contributed by atoms with Crippen LogP contribution in [-0.2, 0) is 4.74 Å². The first-order valence-corrected chi connectivity index (χ1v) is 7.33. The van der Waals surface area contributed by atoms with Crippen molar-refractivity contribution in [1.82, 2.24) is 10.7 Å². The lowest BCUT2D eigenvalue weighted by Crippen LogP contribution is -2.34. The lowest BCUT2D eigenvalue weighted by atomic mass is 9.89. The van der Waals surface area contributed by atoms with Crippen molar-refractivity contribution < 1.29 is 4.74 Å². The first-order chi connectivity index (χ1) is 8.74. The van der Waals surface area contributed by atoms with Gasteiger partial charge in [-0.05, 0) is 50.7 Å². The summed E-state index contributed by atoms with van der Waals surface area (Å²) in [7, 11) is 0. The van der Waals surface area contributed by atoms with E-state index in [1.165, 1.54) is 25.0 Å². The van der Waals surface area contributed by atoms with Crippen LogP contribution in [0.3, 0.4) is 0 Å². The van der Waals surface area contributed by atoms with Gasteiger partial charge in [0.25, 0.3) is 0 Å². The Morgan fingerprint density at radius 2 is 2.33 bits per heavy atom. The third kappa shape index (κ3) is 6.31. The quantitative estimate of drug-likeness (QED) is 0.442. The maximum atomic E-state index is 5.25. The molecule has 0 aromatic rings. The van der Waals surface area contributed by atoms with Gasteiger partial charge in [0.1, 0.15) is 0 Å². The van der Waals surface area contributed by atoms with Gasteiger partial charge in [-0.3, -0.25) is 5.43 Å². The molecule has 104 valence electrons. The SMILES string of the molecule is CCOCCCNC(=S)N/N=C1/CCCC[C@H]1C. The van der Waals surface area contributed by atoms with E-state index in [2.05, 4.69) is 22.8 Å². The Hall–Kier alpha value is -0.680. The zero-order valence-electron chi connectivity index (χ0n) is 11.5. The predicted octanol–water partition coefficient (Wildman–Crippen LogP) is 2.44. The number of hydrogen-bond donors (Lipinski definition) is 2. The highest BCUT2D eigenvalue weighted by Gasteiger charge is 2.15. The van der Waals surface area contributed by atoms with Crippen molar-refractivity contribution in [2.24, 2.45) is 11.0 Å². The summed E-state index contributed by atoms with van der Waals surface area (Å²) < 4.78 is 5.25. The van der Waals surface area contributed by atoms with Gasteiger partial charge in [-0.2, -0.15) is 5.10 Å². The van der Waals surface area contributed by atoms with Crippen molar-refractivity contribution in [3.8, 4) is 0 Å². The van der Waals surface area contributed by atoms with Crippen LogP contribution in [0, 0.1) is 5.92 Å². The van der Waals surface area contributed by atoms with Gasteiger partial charge in [0, 0.05) is 25.5 Å². The molecule has 2 N–H and O–H groups in total. The molecule has 0 bridgehead atoms. The van der Waals surface area contributed by atoms with E-state index in [1.54, 1.807) is 0 Å². The Bertz CT molecular complexity index is 281. The monoisotopic (exact) mass is 271 g/mol. The minimum atomic E-state index is 0.590. The zero-order valence-corrected chi connectivity index (χ0v) is 12.3. The largest absolute Gasteiger partial charge is 0.382 e. The highest BCUT2D eigenvalue weighted by molar-refractivity contribution is 7.80. The smallest absolute Gasteiger partial charge is 0.186 e. The van der Waals surface area contributed by atoms with Crippen LogP contribution in [0.1, 0.15) is 46.0 Å². The van der Waals surface area contributed by atoms with Crippen molar-refractivity contribution in [2.45, 2.75) is 46.0 Å². The average molecular weight is 271 g/mol. The number of ether oxygens (including phenoxy) is 1. The molecule has 0 radical (unpaired) electrons. The van der Waals surface area contributed by atoms with Crippen molar-refractivity contribution in [3.05, 3.63) is 0 Å². The normalized spacial score (nSPS) is 21.9. The van der Waals surface area contributed by atoms with Crippen LogP contribution in [0.25, 0.3) is 0 Å². The maximum absolute atomic E-state index is 5.25. The number of hydrazone groups is 1. The fourth-order valence-electron chi connectivity index (χ4n) is 2.02. The molecule has 1 atom stereocenters. The summed E-state index contributed by atoms with van der Waals surface area (Å²) >= 11 is 5.17. The number of nitrogens with zero attached hydrogens (tertiary/aromatic N) is 1. The Kier molecular flexibility index (Phi) is 7.93. The standard InChI is InChI=1S/C13H25N3OS/c1-3-17-10-6-9-14-13(18)16-15-12-8-5-4-7-11(12)2/h11H,3-10H2,1-2H3,(H2,14,16,18)/b15-12-/t11-/m1/s1. The zero-order chi connectivity index (χ0) is 13.2. The van der Waals surface area contributed by atoms with Gasteiger partial charge >= 0.3 is 0 Å². The summed E-state index contributed by atoms with van der Waals surface area (Å²) in [6.45, 7) is 6.61. The minimum absolute atomic E-state index is 0.590. The summed E-state index contributed by atoms with van der Waals surface area (Å²) in [5.74, 6) is 0.590. The van der Waals surface area contributed by atoms with Crippen LogP contribution in [0.2, 0.25) is 0 Å². The van der Waals surface area contributed by atoms with E-state index in [0.29, 0.717) is 11.0 Å². The van der Waals surface area contributed by atoms with Gasteiger partial charge in [-0.15, -0.1) is 0 Å². The van der Waals surface area contributed by atoms with Gasteiger partial charge in [0.15, 0.2) is 5.11 Å². The molecule has 0 amide bonds. The summed E-state index contributed by atoms with van der Waals surface area (Å²) in [6.07, 6.45) is 5.87. The average Bonchev–Trinajstić information content (AvgIpc) is 2.37. The van der Waals surface area contributed by atoms with E-state index in [0.717, 1.165) is 32.6 Å². The Balaban J connectivity index is 2.13. The third-order valence-corrected chi connectivity index (χ3v) is 3.38. The molecule has 4 nitrogen and oxygen atoms in total. The van der Waals surface area contributed by atoms with Gasteiger partial charge < -0.3 is 10.1 Å². The van der Waals surface area contributed by atoms with Crippen LogP contribution in [0.4, 0.5) is 0 Å². The molecular formula is C13H25N3OS. The van der Waals surface area contributed by atoms with E-state index >= 15 is 0 Å². The fraction of sp³-hybridized carbons (Fsp3) is 0.846. The summed E-state index contributed by atoms with van der Waals surface area (Å²) in [5.41, 5.74) is 4.19. The van der Waals surface area contributed by atoms with Crippen LogP contribution >= 0.6 is 12.2 Å². The van der Waals surface area contributed by atoms with Gasteiger partial charge in [0.05, 0.1) is 0 Å². The Morgan fingerprint density at radius 3 is 3.06 bits per heavy atom. The molecule has 5 heteroatoms. The van der Waals surface area contributed by atoms with Crippen molar-refractivity contribution in [3.63, 3.8) is 0 Å². The second-order valence-electron chi connectivity index (χ2n) is 4.67. The molecule has 0 aromatic heterocycles. The van der Waals surface area contributed by atoms with Crippen molar-refractivity contribution in [2.75, 3.05) is 19.8 Å². The van der Waals surface area contributed by atoms with E-state index in [9.17, 15) is 0 Å². The topological polar surface area (TPSA) is 45.6 Å². The number of rotatable bonds is 6. The number of hydrogen-bond acceptors (Lipinski definition) is 3. The van der Waals surface area contributed by atoms with Crippen LogP contribution in [0.15, 0.2) is 5.10 Å². The van der Waals surface area contributed by atoms with Gasteiger partial charge in [-0.25, -0.2) is 0 Å². The van der Waals surface area contributed by atoms with Crippen LogP contribution < -0.4 is 10.7 Å². The van der Waals surface area contributed by atoms with E-state index < -0.39 is 0 Å². The summed E-state index contributed by atoms with van der Waals surface area (Å²) in [5, 5.41) is 8.15. The molecule has 0 saturated heterocycles. The van der Waals surface area contributed by atoms with E-state index in [-0.39, 0.29) is 0 Å². The second kappa shape index (κ2) is 9.28. The lowest BCUT2D eigenvalue weighted by molar-refractivity contribution is 0.145. The lowest BCUT2D eigenvalue weighted by Gasteiger charge is -2.20. The van der Waals surface area contributed by atoms with E-state index in [4.69, 9.17) is 17.0 Å². The summed E-state index contributed by atoms with van der Waals surface area (Å²) in [4.78, 5) is 0. The minimum Gasteiger partial charge on any atom is -0.382 e. The Labute approximate surface area is 116 Å². The van der Waals surface area contributed by atoms with Crippen LogP contribution in [0.5, 0.6) is 0 Å². The number of thiocarbonyl (C=S) groups is 1. The second-order valence-corrected chi connectivity index (χ2v) is 5.08. The third-order valence-electron chi connectivity index (χ3n) is 3.15. The highest BCUT2D eigenvalue weighted by Crippen LogP contribution is 2.20. The first-order valence-electron chi connectivity index (χ1n) is 6.92. The van der Waals surface area contributed by atoms with Crippen molar-refractivity contribution >= 4 is 23.0 Å². The maximum Gasteiger partial charge on any atom is 0.186 e. The molecule has 18 heavy (non-hydrogen) atoms. The highest BCUT2D eigenvalue weighted by atomic mass is 32.1. The number of nitrogens with one attached hydrogen (secondary N) is 2. The molecule has 1 rings (SSSR count). The molecule has 0 aromatic carbocycles. The van der Waals surface area contributed by atoms with E-state index in [1.807, 2.05) is 6.92 Å². The summed E-state index contributed by atoms with van der Waals surface area (Å²) in [6, 6.07) is 0. The Morgan fingerprint density at radius 1 is 1.50 bits per heavy atom. The molecule has 1 saturated carbocycles. The predicted molar refractivity (Wildman–Crippen MR) is 79.9 cm³/mol. The van der Waals surface area contributed by atoms with Gasteiger partial charge in [-0.1, -0.05) is 13.3 Å². The molecule has 1 aliphatic carbocycles. The molecule has 0 unspecified atom stereocenters. The fourth-order valence-corrected chi connectivity index (χ4v) is 2.17. The molecule has 0 aliphatic heterocycles. The van der Waals surface area contributed by atoms with Crippen LogP contribution in [-0.4, -0.2) is 30.6 Å². The first kappa shape index (κ1) is 15.4. The molecule has 1 fully saturated rings. The van der Waals surface area contributed by atoms with Gasteiger partial charge in [0.2, 0.25) is 0 Å². The molecular weight excluding hydrogens is 246 g/mol.